The first-order valence-electron chi connectivity index (χ1n) is 5.68. The zero-order valence-corrected chi connectivity index (χ0v) is 13.1. The topological polar surface area (TPSA) is 21.3 Å². The van der Waals surface area contributed by atoms with Gasteiger partial charge >= 0.3 is 0 Å². The van der Waals surface area contributed by atoms with E-state index in [2.05, 4.69) is 21.2 Å². The molecule has 0 fully saturated rings. The molecule has 1 N–H and O–H groups in total. The van der Waals surface area contributed by atoms with Gasteiger partial charge in [-0.3, -0.25) is 0 Å². The number of hydrogen-bond donors (Lipinski definition) is 1. The second kappa shape index (κ2) is 7.24. The van der Waals surface area contributed by atoms with Gasteiger partial charge in [0, 0.05) is 18.0 Å². The van der Waals surface area contributed by atoms with Crippen molar-refractivity contribution in [1.29, 1.82) is 0 Å². The summed E-state index contributed by atoms with van der Waals surface area (Å²) >= 11 is 10.7. The Morgan fingerprint density at radius 3 is 2.84 bits per heavy atom. The first-order valence-corrected chi connectivity index (χ1v) is 7.66. The first kappa shape index (κ1) is 14.8. The predicted molar refractivity (Wildman–Crippen MR) is 80.6 cm³/mol. The summed E-state index contributed by atoms with van der Waals surface area (Å²) in [7, 11) is 0. The van der Waals surface area contributed by atoms with E-state index in [9.17, 15) is 4.39 Å². The van der Waals surface area contributed by atoms with Gasteiger partial charge in [0.25, 0.3) is 0 Å². The van der Waals surface area contributed by atoms with Crippen LogP contribution in [0.25, 0.3) is 0 Å². The molecule has 0 aliphatic rings. The van der Waals surface area contributed by atoms with Gasteiger partial charge in [-0.2, -0.15) is 0 Å². The maximum Gasteiger partial charge on any atom is 0.133 e. The Morgan fingerprint density at radius 1 is 1.32 bits per heavy atom. The van der Waals surface area contributed by atoms with Crippen molar-refractivity contribution in [2.75, 3.05) is 13.2 Å². The molecule has 0 spiro atoms. The average Bonchev–Trinajstić information content (AvgIpc) is 2.77. The highest BCUT2D eigenvalue weighted by molar-refractivity contribution is 9.10. The number of rotatable bonds is 6. The lowest BCUT2D eigenvalue weighted by Crippen LogP contribution is -2.20. The molecule has 2 aromatic rings. The lowest BCUT2D eigenvalue weighted by Gasteiger charge is -2.08. The summed E-state index contributed by atoms with van der Waals surface area (Å²) < 4.78 is 19.8. The van der Waals surface area contributed by atoms with Crippen LogP contribution in [-0.4, -0.2) is 13.2 Å². The van der Waals surface area contributed by atoms with E-state index in [0.717, 1.165) is 10.9 Å². The van der Waals surface area contributed by atoms with Crippen LogP contribution in [0.5, 0.6) is 5.75 Å². The standard InChI is InChI=1S/C13H12BrClFNOS/c14-11-7-9(16)1-3-12(11)18-6-5-17-8-10-2-4-13(15)19-10/h1-4,7,17H,5-6,8H2. The van der Waals surface area contributed by atoms with Crippen LogP contribution in [0.2, 0.25) is 4.34 Å². The minimum absolute atomic E-state index is 0.285. The van der Waals surface area contributed by atoms with Crippen LogP contribution < -0.4 is 10.1 Å². The van der Waals surface area contributed by atoms with E-state index in [1.165, 1.54) is 17.0 Å². The van der Waals surface area contributed by atoms with Crippen molar-refractivity contribution in [1.82, 2.24) is 5.32 Å². The van der Waals surface area contributed by atoms with Gasteiger partial charge in [0.05, 0.1) is 8.81 Å². The molecule has 2 rings (SSSR count). The summed E-state index contributed by atoms with van der Waals surface area (Å²) in [6, 6.07) is 8.25. The number of halogens is 3. The van der Waals surface area contributed by atoms with E-state index in [-0.39, 0.29) is 5.82 Å². The van der Waals surface area contributed by atoms with Crippen LogP contribution in [0.4, 0.5) is 4.39 Å². The molecular formula is C13H12BrClFNOS. The van der Waals surface area contributed by atoms with E-state index in [0.29, 0.717) is 23.4 Å². The van der Waals surface area contributed by atoms with Crippen LogP contribution in [0.15, 0.2) is 34.8 Å². The van der Waals surface area contributed by atoms with Gasteiger partial charge in [0.2, 0.25) is 0 Å². The second-order valence-corrected chi connectivity index (χ2v) is 6.46. The number of benzene rings is 1. The van der Waals surface area contributed by atoms with E-state index >= 15 is 0 Å². The van der Waals surface area contributed by atoms with E-state index in [1.807, 2.05) is 12.1 Å². The van der Waals surface area contributed by atoms with Gasteiger partial charge in [0.1, 0.15) is 18.2 Å². The van der Waals surface area contributed by atoms with Gasteiger partial charge in [-0.15, -0.1) is 11.3 Å². The number of hydrogen-bond acceptors (Lipinski definition) is 3. The molecule has 0 amide bonds. The quantitative estimate of drug-likeness (QED) is 0.764. The number of ether oxygens (including phenoxy) is 1. The largest absolute Gasteiger partial charge is 0.491 e. The monoisotopic (exact) mass is 363 g/mol. The molecule has 0 bridgehead atoms. The lowest BCUT2D eigenvalue weighted by atomic mass is 10.3. The Bertz CT molecular complexity index is 549. The summed E-state index contributed by atoms with van der Waals surface area (Å²) in [6.45, 7) is 1.99. The molecule has 102 valence electrons. The van der Waals surface area contributed by atoms with Gasteiger partial charge < -0.3 is 10.1 Å². The fourth-order valence-corrected chi connectivity index (χ4v) is 3.01. The van der Waals surface area contributed by atoms with Crippen molar-refractivity contribution in [2.45, 2.75) is 6.54 Å². The third kappa shape index (κ3) is 4.76. The highest BCUT2D eigenvalue weighted by Gasteiger charge is 2.02. The molecule has 0 aliphatic heterocycles. The molecule has 2 nitrogen and oxygen atoms in total. The lowest BCUT2D eigenvalue weighted by molar-refractivity contribution is 0.311. The fraction of sp³-hybridized carbons (Fsp3) is 0.231. The van der Waals surface area contributed by atoms with Crippen LogP contribution in [0.1, 0.15) is 4.88 Å². The van der Waals surface area contributed by atoms with E-state index < -0.39 is 0 Å². The summed E-state index contributed by atoms with van der Waals surface area (Å²) in [6.07, 6.45) is 0. The average molecular weight is 365 g/mol. The Morgan fingerprint density at radius 2 is 2.16 bits per heavy atom. The summed E-state index contributed by atoms with van der Waals surface area (Å²) in [5.74, 6) is 0.356. The molecular weight excluding hydrogens is 353 g/mol. The Balaban J connectivity index is 1.69. The normalized spacial score (nSPS) is 10.7. The third-order valence-corrected chi connectivity index (χ3v) is 4.21. The predicted octanol–water partition coefficient (Wildman–Crippen LogP) is 4.47. The molecule has 0 atom stereocenters. The maximum absolute atomic E-state index is 12.9. The number of nitrogens with one attached hydrogen (secondary N) is 1. The van der Waals surface area contributed by atoms with Crippen molar-refractivity contribution in [3.05, 3.63) is 49.8 Å². The van der Waals surface area contributed by atoms with Gasteiger partial charge in [-0.25, -0.2) is 4.39 Å². The Hall–Kier alpha value is -0.620. The zero-order valence-electron chi connectivity index (χ0n) is 9.96. The third-order valence-electron chi connectivity index (χ3n) is 2.36. The molecule has 1 heterocycles. The summed E-state index contributed by atoms with van der Waals surface area (Å²) in [5, 5.41) is 3.25. The molecule has 1 aromatic heterocycles. The van der Waals surface area contributed by atoms with Crippen LogP contribution >= 0.6 is 38.9 Å². The molecule has 6 heteroatoms. The van der Waals surface area contributed by atoms with Crippen LogP contribution in [0.3, 0.4) is 0 Å². The first-order chi connectivity index (χ1) is 9.15. The smallest absolute Gasteiger partial charge is 0.133 e. The molecule has 0 unspecified atom stereocenters. The van der Waals surface area contributed by atoms with Crippen LogP contribution in [0, 0.1) is 5.82 Å². The van der Waals surface area contributed by atoms with Crippen molar-refractivity contribution >= 4 is 38.9 Å². The maximum atomic E-state index is 12.9. The van der Waals surface area contributed by atoms with E-state index in [4.69, 9.17) is 16.3 Å². The fourth-order valence-electron chi connectivity index (χ4n) is 1.48. The van der Waals surface area contributed by atoms with Gasteiger partial charge in [0.15, 0.2) is 0 Å². The Kier molecular flexibility index (Phi) is 5.63. The van der Waals surface area contributed by atoms with Crippen molar-refractivity contribution in [2.24, 2.45) is 0 Å². The van der Waals surface area contributed by atoms with Crippen molar-refractivity contribution in [3.63, 3.8) is 0 Å². The van der Waals surface area contributed by atoms with Crippen LogP contribution in [-0.2, 0) is 6.54 Å². The second-order valence-electron chi connectivity index (χ2n) is 3.81. The minimum atomic E-state index is -0.285. The molecule has 1 aromatic carbocycles. The highest BCUT2D eigenvalue weighted by Crippen LogP contribution is 2.25. The summed E-state index contributed by atoms with van der Waals surface area (Å²) in [5.41, 5.74) is 0. The molecule has 0 saturated carbocycles. The molecule has 0 radical (unpaired) electrons. The summed E-state index contributed by atoms with van der Waals surface area (Å²) in [4.78, 5) is 1.19. The number of thiophene rings is 1. The SMILES string of the molecule is Fc1ccc(OCCNCc2ccc(Cl)s2)c(Br)c1. The van der Waals surface area contributed by atoms with Gasteiger partial charge in [-0.05, 0) is 46.3 Å². The molecule has 19 heavy (non-hydrogen) atoms. The van der Waals surface area contributed by atoms with E-state index in [1.54, 1.807) is 17.4 Å². The van der Waals surface area contributed by atoms with Crippen molar-refractivity contribution < 1.29 is 9.13 Å². The minimum Gasteiger partial charge on any atom is -0.491 e. The zero-order chi connectivity index (χ0) is 13.7. The Labute approximate surface area is 128 Å². The molecule has 0 aliphatic carbocycles. The molecule has 0 saturated heterocycles. The van der Waals surface area contributed by atoms with Gasteiger partial charge in [-0.1, -0.05) is 11.6 Å². The van der Waals surface area contributed by atoms with Crippen molar-refractivity contribution in [3.8, 4) is 5.75 Å². The highest BCUT2D eigenvalue weighted by atomic mass is 79.9.